The fourth-order valence-corrected chi connectivity index (χ4v) is 4.52. The highest BCUT2D eigenvalue weighted by Crippen LogP contribution is 2.33. The summed E-state index contributed by atoms with van der Waals surface area (Å²) < 4.78 is 16.6. The molecule has 0 aromatic heterocycles. The van der Waals surface area contributed by atoms with Crippen LogP contribution in [0.25, 0.3) is 0 Å². The van der Waals surface area contributed by atoms with Gasteiger partial charge in [0.25, 0.3) is 0 Å². The van der Waals surface area contributed by atoms with Crippen LogP contribution < -0.4 is 4.90 Å². The highest BCUT2D eigenvalue weighted by molar-refractivity contribution is 7.40. The Labute approximate surface area is 206 Å². The molecule has 0 spiro atoms. The van der Waals surface area contributed by atoms with E-state index in [0.717, 1.165) is 26.0 Å². The van der Waals surface area contributed by atoms with Gasteiger partial charge in [-0.2, -0.15) is 0 Å². The summed E-state index contributed by atoms with van der Waals surface area (Å²) in [5.74, 6) is 0.0849. The van der Waals surface area contributed by atoms with Crippen molar-refractivity contribution in [3.63, 3.8) is 0 Å². The van der Waals surface area contributed by atoms with Crippen molar-refractivity contribution in [2.45, 2.75) is 110 Å². The van der Waals surface area contributed by atoms with Crippen LogP contribution in [-0.2, 0) is 18.6 Å². The molecule has 33 heavy (non-hydrogen) atoms. The predicted molar refractivity (Wildman–Crippen MR) is 139 cm³/mol. The SMILES string of the molecule is CCCCCCCCCCCCCCCOCC(COP(O)OCCC[NH+](C)C)CC(C)=O. The summed E-state index contributed by atoms with van der Waals surface area (Å²) >= 11 is 0. The van der Waals surface area contributed by atoms with Gasteiger partial charge in [-0.15, -0.1) is 0 Å². The first-order valence-electron chi connectivity index (χ1n) is 13.6. The third-order valence-corrected chi connectivity index (χ3v) is 6.54. The number of carbonyl (C=O) groups excluding carboxylic acids is 1. The van der Waals surface area contributed by atoms with Crippen LogP contribution in [0.2, 0.25) is 0 Å². The van der Waals surface area contributed by atoms with Crippen molar-refractivity contribution in [1.29, 1.82) is 0 Å². The molecule has 0 aromatic rings. The van der Waals surface area contributed by atoms with Crippen LogP contribution in [0.3, 0.4) is 0 Å². The van der Waals surface area contributed by atoms with E-state index in [0.29, 0.717) is 26.2 Å². The quantitative estimate of drug-likeness (QED) is 0.124. The van der Waals surface area contributed by atoms with E-state index in [1.54, 1.807) is 6.92 Å². The molecule has 0 aliphatic carbocycles. The highest BCUT2D eigenvalue weighted by atomic mass is 31.2. The molecule has 2 unspecified atom stereocenters. The van der Waals surface area contributed by atoms with E-state index in [1.807, 2.05) is 0 Å². The van der Waals surface area contributed by atoms with Crippen LogP contribution in [0.5, 0.6) is 0 Å². The number of unbranched alkanes of at least 4 members (excludes halogenated alkanes) is 12. The molecular formula is C26H55NO5P+. The zero-order valence-electron chi connectivity index (χ0n) is 22.2. The number of ether oxygens (including phenoxy) is 1. The number of Topliss-reactive ketones (excluding diaryl/α,β-unsaturated/α-hetero) is 1. The van der Waals surface area contributed by atoms with Gasteiger partial charge in [0.15, 0.2) is 0 Å². The number of hydrogen-bond acceptors (Lipinski definition) is 5. The van der Waals surface area contributed by atoms with E-state index in [4.69, 9.17) is 13.8 Å². The van der Waals surface area contributed by atoms with Crippen molar-refractivity contribution in [3.8, 4) is 0 Å². The summed E-state index contributed by atoms with van der Waals surface area (Å²) in [6, 6.07) is 0. The van der Waals surface area contributed by atoms with Crippen LogP contribution in [0.1, 0.15) is 110 Å². The first-order chi connectivity index (χ1) is 16.0. The van der Waals surface area contributed by atoms with Gasteiger partial charge in [-0.3, -0.25) is 0 Å². The number of carbonyl (C=O) groups is 1. The number of quaternary nitrogens is 1. The number of hydrogen-bond donors (Lipinski definition) is 2. The first kappa shape index (κ1) is 32.9. The zero-order chi connectivity index (χ0) is 24.6. The van der Waals surface area contributed by atoms with Crippen LogP contribution in [0.4, 0.5) is 0 Å². The van der Waals surface area contributed by atoms with Gasteiger partial charge in [0.2, 0.25) is 0 Å². The second-order valence-electron chi connectivity index (χ2n) is 9.77. The molecule has 0 heterocycles. The van der Waals surface area contributed by atoms with E-state index < -0.39 is 8.60 Å². The average molecular weight is 493 g/mol. The molecular weight excluding hydrogens is 437 g/mol. The number of rotatable bonds is 26. The van der Waals surface area contributed by atoms with E-state index in [1.165, 1.54) is 81.9 Å². The largest absolute Gasteiger partial charge is 0.381 e. The number of nitrogens with one attached hydrogen (secondary N) is 1. The third-order valence-electron chi connectivity index (χ3n) is 5.77. The van der Waals surface area contributed by atoms with Gasteiger partial charge >= 0.3 is 8.60 Å². The molecule has 198 valence electrons. The molecule has 6 nitrogen and oxygen atoms in total. The molecule has 0 aromatic carbocycles. The Morgan fingerprint density at radius 2 is 1.33 bits per heavy atom. The average Bonchev–Trinajstić information content (AvgIpc) is 2.77. The van der Waals surface area contributed by atoms with Gasteiger partial charge in [0, 0.05) is 25.4 Å². The topological polar surface area (TPSA) is 69.4 Å². The summed E-state index contributed by atoms with van der Waals surface area (Å²) in [5.41, 5.74) is 0. The van der Waals surface area contributed by atoms with Gasteiger partial charge in [0.05, 0.1) is 40.5 Å². The third kappa shape index (κ3) is 26.3. The maximum Gasteiger partial charge on any atom is 0.329 e. The van der Waals surface area contributed by atoms with Crippen LogP contribution in [-0.4, -0.2) is 57.7 Å². The Bertz CT molecular complexity index is 425. The summed E-state index contributed by atoms with van der Waals surface area (Å²) in [6.45, 7) is 6.84. The molecule has 0 saturated carbocycles. The summed E-state index contributed by atoms with van der Waals surface area (Å²) in [4.78, 5) is 22.8. The van der Waals surface area contributed by atoms with E-state index in [-0.39, 0.29) is 11.7 Å². The monoisotopic (exact) mass is 492 g/mol. The molecule has 2 N–H and O–H groups in total. The first-order valence-corrected chi connectivity index (χ1v) is 14.7. The minimum absolute atomic E-state index is 0.0311. The minimum Gasteiger partial charge on any atom is -0.381 e. The maximum atomic E-state index is 11.5. The number of ketones is 1. The van der Waals surface area contributed by atoms with Crippen molar-refractivity contribution in [1.82, 2.24) is 0 Å². The van der Waals surface area contributed by atoms with Crippen molar-refractivity contribution in [2.24, 2.45) is 5.92 Å². The van der Waals surface area contributed by atoms with Gasteiger partial charge < -0.3 is 28.4 Å². The van der Waals surface area contributed by atoms with E-state index in [9.17, 15) is 9.69 Å². The van der Waals surface area contributed by atoms with Crippen LogP contribution in [0.15, 0.2) is 0 Å². The summed E-state index contributed by atoms with van der Waals surface area (Å²) in [5, 5.41) is 0. The Balaban J connectivity index is 3.63. The van der Waals surface area contributed by atoms with E-state index >= 15 is 0 Å². The lowest BCUT2D eigenvalue weighted by molar-refractivity contribution is -0.858. The molecule has 0 saturated heterocycles. The molecule has 0 bridgehead atoms. The fourth-order valence-electron chi connectivity index (χ4n) is 3.82. The molecule has 2 atom stereocenters. The molecule has 7 heteroatoms. The lowest BCUT2D eigenvalue weighted by Crippen LogP contribution is -3.05. The Kier molecular flexibility index (Phi) is 24.9. The smallest absolute Gasteiger partial charge is 0.329 e. The van der Waals surface area contributed by atoms with Gasteiger partial charge in [0.1, 0.15) is 5.78 Å². The zero-order valence-corrected chi connectivity index (χ0v) is 23.1. The minimum atomic E-state index is -1.88. The van der Waals surface area contributed by atoms with Gasteiger partial charge in [-0.25, -0.2) is 0 Å². The van der Waals surface area contributed by atoms with Crippen molar-refractivity contribution in [3.05, 3.63) is 0 Å². The van der Waals surface area contributed by atoms with Crippen LogP contribution in [0, 0.1) is 5.92 Å². The van der Waals surface area contributed by atoms with Crippen molar-refractivity contribution >= 4 is 14.4 Å². The maximum absolute atomic E-state index is 11.5. The Morgan fingerprint density at radius 3 is 1.85 bits per heavy atom. The fraction of sp³-hybridized carbons (Fsp3) is 0.962. The van der Waals surface area contributed by atoms with Crippen molar-refractivity contribution < 1.29 is 28.4 Å². The van der Waals surface area contributed by atoms with Crippen LogP contribution >= 0.6 is 8.60 Å². The second-order valence-corrected chi connectivity index (χ2v) is 10.8. The summed E-state index contributed by atoms with van der Waals surface area (Å²) in [7, 11) is 2.29. The molecule has 0 rings (SSSR count). The Morgan fingerprint density at radius 1 is 0.788 bits per heavy atom. The molecule has 0 fully saturated rings. The lowest BCUT2D eigenvalue weighted by Gasteiger charge is -2.18. The standard InChI is InChI=1S/C26H54NO5P/c1-5-6-7-8-9-10-11-12-13-14-15-16-17-20-30-23-26(22-25(2)28)24-32-33(29)31-21-18-19-27(3)4/h26,29H,5-24H2,1-4H3/p+1. The summed E-state index contributed by atoms with van der Waals surface area (Å²) in [6.07, 6.45) is 18.7. The molecule has 0 aliphatic rings. The predicted octanol–water partition coefficient (Wildman–Crippen LogP) is 5.48. The van der Waals surface area contributed by atoms with Gasteiger partial charge in [-0.05, 0) is 13.3 Å². The van der Waals surface area contributed by atoms with E-state index in [2.05, 4.69) is 21.0 Å². The molecule has 0 aliphatic heterocycles. The molecule has 0 radical (unpaired) electrons. The second kappa shape index (κ2) is 25.0. The normalized spacial score (nSPS) is 13.5. The Hall–Kier alpha value is -0.100. The van der Waals surface area contributed by atoms with Crippen molar-refractivity contribution in [2.75, 3.05) is 47.1 Å². The molecule has 0 amide bonds. The highest BCUT2D eigenvalue weighted by Gasteiger charge is 2.16. The lowest BCUT2D eigenvalue weighted by atomic mass is 10.0. The van der Waals surface area contributed by atoms with Gasteiger partial charge in [-0.1, -0.05) is 84.0 Å².